The first-order valence-electron chi connectivity index (χ1n) is 7.25. The SMILES string of the molecule is COc1cc(Cl)ccc1OC(=O)CCCC(=O)OCC=C(C)C. The van der Waals surface area contributed by atoms with Gasteiger partial charge in [-0.3, -0.25) is 9.59 Å². The van der Waals surface area contributed by atoms with Crippen molar-refractivity contribution >= 4 is 23.5 Å². The van der Waals surface area contributed by atoms with E-state index in [0.717, 1.165) is 5.57 Å². The van der Waals surface area contributed by atoms with E-state index in [9.17, 15) is 9.59 Å². The number of hydrogen-bond donors (Lipinski definition) is 0. The van der Waals surface area contributed by atoms with Gasteiger partial charge in [-0.2, -0.15) is 0 Å². The second-order valence-electron chi connectivity index (χ2n) is 5.09. The fourth-order valence-electron chi connectivity index (χ4n) is 1.65. The van der Waals surface area contributed by atoms with Crippen molar-refractivity contribution < 1.29 is 23.8 Å². The molecule has 0 aromatic heterocycles. The molecule has 0 N–H and O–H groups in total. The first kappa shape index (κ1) is 19.0. The van der Waals surface area contributed by atoms with Crippen molar-refractivity contribution in [3.8, 4) is 11.5 Å². The van der Waals surface area contributed by atoms with Crippen LogP contribution in [0.3, 0.4) is 0 Å². The van der Waals surface area contributed by atoms with E-state index < -0.39 is 5.97 Å². The normalized spacial score (nSPS) is 9.91. The Morgan fingerprint density at radius 2 is 1.83 bits per heavy atom. The third-order valence-electron chi connectivity index (χ3n) is 2.85. The van der Waals surface area contributed by atoms with E-state index in [1.165, 1.54) is 7.11 Å². The van der Waals surface area contributed by atoms with Crippen LogP contribution in [0.5, 0.6) is 11.5 Å². The zero-order valence-electron chi connectivity index (χ0n) is 13.6. The maximum absolute atomic E-state index is 11.8. The molecule has 0 saturated heterocycles. The van der Waals surface area contributed by atoms with Crippen LogP contribution in [0.15, 0.2) is 29.8 Å². The molecule has 0 spiro atoms. The van der Waals surface area contributed by atoms with Crippen LogP contribution in [0, 0.1) is 0 Å². The summed E-state index contributed by atoms with van der Waals surface area (Å²) in [6, 6.07) is 4.73. The van der Waals surface area contributed by atoms with Crippen LogP contribution in [-0.2, 0) is 14.3 Å². The topological polar surface area (TPSA) is 61.8 Å². The average Bonchev–Trinajstić information content (AvgIpc) is 2.48. The summed E-state index contributed by atoms with van der Waals surface area (Å²) in [4.78, 5) is 23.2. The van der Waals surface area contributed by atoms with Gasteiger partial charge >= 0.3 is 11.9 Å². The highest BCUT2D eigenvalue weighted by atomic mass is 35.5. The molecular weight excluding hydrogens is 320 g/mol. The van der Waals surface area contributed by atoms with Crippen LogP contribution in [0.2, 0.25) is 5.02 Å². The van der Waals surface area contributed by atoms with E-state index in [1.807, 2.05) is 19.9 Å². The lowest BCUT2D eigenvalue weighted by Gasteiger charge is -2.09. The number of methoxy groups -OCH3 is 1. The Morgan fingerprint density at radius 1 is 1.13 bits per heavy atom. The van der Waals surface area contributed by atoms with Gasteiger partial charge in [0.15, 0.2) is 11.5 Å². The van der Waals surface area contributed by atoms with Gasteiger partial charge in [0.05, 0.1) is 7.11 Å². The Kier molecular flexibility index (Phi) is 8.19. The summed E-state index contributed by atoms with van der Waals surface area (Å²) in [7, 11) is 1.46. The minimum atomic E-state index is -0.442. The number of halogens is 1. The maximum Gasteiger partial charge on any atom is 0.311 e. The Labute approximate surface area is 141 Å². The smallest absolute Gasteiger partial charge is 0.311 e. The van der Waals surface area contributed by atoms with Crippen molar-refractivity contribution in [1.82, 2.24) is 0 Å². The van der Waals surface area contributed by atoms with E-state index in [0.29, 0.717) is 22.9 Å². The van der Waals surface area contributed by atoms with Gasteiger partial charge in [0, 0.05) is 23.9 Å². The number of carbonyl (C=O) groups is 2. The summed E-state index contributed by atoms with van der Waals surface area (Å²) in [5.41, 5.74) is 1.08. The monoisotopic (exact) mass is 340 g/mol. The summed E-state index contributed by atoms with van der Waals surface area (Å²) in [5, 5.41) is 0.487. The molecule has 1 aromatic rings. The van der Waals surface area contributed by atoms with Crippen LogP contribution in [0.1, 0.15) is 33.1 Å². The van der Waals surface area contributed by atoms with Gasteiger partial charge in [-0.1, -0.05) is 17.2 Å². The summed E-state index contributed by atoms with van der Waals surface area (Å²) in [6.07, 6.45) is 2.47. The standard InChI is InChI=1S/C17H21ClO5/c1-12(2)9-10-22-16(19)5-4-6-17(20)23-14-8-7-13(18)11-15(14)21-3/h7-9,11H,4-6,10H2,1-3H3. The van der Waals surface area contributed by atoms with E-state index in [1.54, 1.807) is 18.2 Å². The van der Waals surface area contributed by atoms with Gasteiger partial charge in [0.25, 0.3) is 0 Å². The van der Waals surface area contributed by atoms with Gasteiger partial charge in [-0.05, 0) is 38.5 Å². The van der Waals surface area contributed by atoms with Crippen LogP contribution in [-0.4, -0.2) is 25.7 Å². The molecule has 0 atom stereocenters. The van der Waals surface area contributed by atoms with Gasteiger partial charge in [-0.25, -0.2) is 0 Å². The Bertz CT molecular complexity index is 576. The molecule has 0 amide bonds. The van der Waals surface area contributed by atoms with Gasteiger partial charge in [0.1, 0.15) is 6.61 Å². The molecule has 0 bridgehead atoms. The van der Waals surface area contributed by atoms with Crippen LogP contribution in [0.25, 0.3) is 0 Å². The van der Waals surface area contributed by atoms with Crippen molar-refractivity contribution in [3.05, 3.63) is 34.9 Å². The minimum absolute atomic E-state index is 0.115. The number of esters is 2. The molecule has 5 nitrogen and oxygen atoms in total. The molecule has 0 saturated carbocycles. The fourth-order valence-corrected chi connectivity index (χ4v) is 1.81. The third kappa shape index (κ3) is 7.70. The van der Waals surface area contributed by atoms with Crippen molar-refractivity contribution in [3.63, 3.8) is 0 Å². The number of hydrogen-bond acceptors (Lipinski definition) is 5. The summed E-state index contributed by atoms with van der Waals surface area (Å²) >= 11 is 5.84. The molecule has 23 heavy (non-hydrogen) atoms. The zero-order valence-corrected chi connectivity index (χ0v) is 14.3. The molecule has 1 aromatic carbocycles. The van der Waals surface area contributed by atoms with E-state index in [2.05, 4.69) is 0 Å². The molecule has 0 aliphatic heterocycles. The second kappa shape index (κ2) is 9.90. The number of carbonyl (C=O) groups excluding carboxylic acids is 2. The quantitative estimate of drug-likeness (QED) is 0.407. The highest BCUT2D eigenvalue weighted by molar-refractivity contribution is 6.30. The van der Waals surface area contributed by atoms with E-state index >= 15 is 0 Å². The molecular formula is C17H21ClO5. The van der Waals surface area contributed by atoms with Crippen molar-refractivity contribution in [2.45, 2.75) is 33.1 Å². The van der Waals surface area contributed by atoms with E-state index in [4.69, 9.17) is 25.8 Å². The third-order valence-corrected chi connectivity index (χ3v) is 3.08. The largest absolute Gasteiger partial charge is 0.493 e. The second-order valence-corrected chi connectivity index (χ2v) is 5.52. The van der Waals surface area contributed by atoms with Crippen LogP contribution >= 0.6 is 11.6 Å². The van der Waals surface area contributed by atoms with Crippen LogP contribution in [0.4, 0.5) is 0 Å². The Hall–Kier alpha value is -2.01. The molecule has 126 valence electrons. The molecule has 0 heterocycles. The lowest BCUT2D eigenvalue weighted by molar-refractivity contribution is -0.142. The molecule has 0 fully saturated rings. The highest BCUT2D eigenvalue weighted by Crippen LogP contribution is 2.30. The first-order valence-corrected chi connectivity index (χ1v) is 7.63. The molecule has 0 aliphatic rings. The fraction of sp³-hybridized carbons (Fsp3) is 0.412. The van der Waals surface area contributed by atoms with Gasteiger partial charge in [0.2, 0.25) is 0 Å². The molecule has 0 aliphatic carbocycles. The number of rotatable bonds is 8. The van der Waals surface area contributed by atoms with Crippen LogP contribution < -0.4 is 9.47 Å². The highest BCUT2D eigenvalue weighted by Gasteiger charge is 2.11. The molecule has 1 rings (SSSR count). The van der Waals surface area contributed by atoms with Crippen molar-refractivity contribution in [2.75, 3.05) is 13.7 Å². The van der Waals surface area contributed by atoms with Gasteiger partial charge in [-0.15, -0.1) is 0 Å². The lowest BCUT2D eigenvalue weighted by Crippen LogP contribution is -2.10. The summed E-state index contributed by atoms with van der Waals surface area (Å²) in [5.74, 6) is -0.0953. The zero-order chi connectivity index (χ0) is 17.2. The molecule has 0 radical (unpaired) electrons. The maximum atomic E-state index is 11.8. The Balaban J connectivity index is 2.35. The van der Waals surface area contributed by atoms with Crippen molar-refractivity contribution in [2.24, 2.45) is 0 Å². The predicted molar refractivity (Wildman–Crippen MR) is 87.9 cm³/mol. The van der Waals surface area contributed by atoms with E-state index in [-0.39, 0.29) is 25.4 Å². The number of ether oxygens (including phenoxy) is 3. The summed E-state index contributed by atoms with van der Waals surface area (Å²) in [6.45, 7) is 4.11. The predicted octanol–water partition coefficient (Wildman–Crippen LogP) is 3.93. The summed E-state index contributed by atoms with van der Waals surface area (Å²) < 4.78 is 15.3. The molecule has 6 heteroatoms. The first-order chi connectivity index (χ1) is 10.9. The number of benzene rings is 1. The Morgan fingerprint density at radius 3 is 2.48 bits per heavy atom. The number of allylic oxidation sites excluding steroid dienone is 1. The minimum Gasteiger partial charge on any atom is -0.493 e. The van der Waals surface area contributed by atoms with Crippen molar-refractivity contribution in [1.29, 1.82) is 0 Å². The lowest BCUT2D eigenvalue weighted by atomic mass is 10.2. The van der Waals surface area contributed by atoms with Gasteiger partial charge < -0.3 is 14.2 Å². The molecule has 0 unspecified atom stereocenters. The average molecular weight is 341 g/mol.